The standard InChI is InChI=1S/C24H25NO4.C6H10O7/c1-25-13-12-24-11-10-18(28-23(26)16-6-4-3-5-7-16)14-20(24)29-22-19(27-2)9-8-17(15-25)21(22)24;7-1-2(8)4(5(10)11)13-6(12)3(1)9/h3-11,18,20H,12-15H2,1-2H3;1-4,6-9,12H,(H,10,11)/t;1-,2+,3+,4-,6?/m.0/s1. The van der Waals surface area contributed by atoms with Crippen LogP contribution in [0, 0.1) is 0 Å². The molecule has 5 N–H and O–H groups in total. The first kappa shape index (κ1) is 30.0. The lowest BCUT2D eigenvalue weighted by Gasteiger charge is -2.36. The van der Waals surface area contributed by atoms with Gasteiger partial charge in [-0.15, -0.1) is 0 Å². The number of carboxylic acid groups (broad SMARTS) is 1. The van der Waals surface area contributed by atoms with Crippen LogP contribution in [0.1, 0.15) is 34.3 Å². The number of hydrogen-bond acceptors (Lipinski definition) is 11. The number of methoxy groups -OCH3 is 1. The molecule has 4 unspecified atom stereocenters. The highest BCUT2D eigenvalue weighted by Crippen LogP contribution is 2.55. The van der Waals surface area contributed by atoms with E-state index in [9.17, 15) is 9.59 Å². The van der Waals surface area contributed by atoms with Gasteiger partial charge in [0.05, 0.1) is 18.1 Å². The summed E-state index contributed by atoms with van der Waals surface area (Å²) in [6, 6.07) is 13.3. The Bertz CT molecular complexity index is 1330. The summed E-state index contributed by atoms with van der Waals surface area (Å²) >= 11 is 0. The fourth-order valence-corrected chi connectivity index (χ4v) is 6.00. The van der Waals surface area contributed by atoms with Crippen molar-refractivity contribution in [3.63, 3.8) is 0 Å². The van der Waals surface area contributed by atoms with Crippen LogP contribution in [-0.4, -0.2) is 106 Å². The van der Waals surface area contributed by atoms with Crippen LogP contribution in [0.25, 0.3) is 0 Å². The Morgan fingerprint density at radius 2 is 1.76 bits per heavy atom. The number of benzene rings is 2. The monoisotopic (exact) mass is 585 g/mol. The van der Waals surface area contributed by atoms with Crippen molar-refractivity contribution in [2.75, 3.05) is 20.7 Å². The van der Waals surface area contributed by atoms with E-state index in [0.29, 0.717) is 12.0 Å². The number of aliphatic hydroxyl groups is 4. The Balaban J connectivity index is 0.000000229. The minimum absolute atomic E-state index is 0.0716. The van der Waals surface area contributed by atoms with Crippen molar-refractivity contribution in [1.82, 2.24) is 4.90 Å². The summed E-state index contributed by atoms with van der Waals surface area (Å²) in [6.07, 6.45) is -3.23. The molecule has 1 fully saturated rings. The third-order valence-corrected chi connectivity index (χ3v) is 8.23. The molecule has 1 spiro atoms. The van der Waals surface area contributed by atoms with Crippen LogP contribution in [0.15, 0.2) is 54.6 Å². The maximum atomic E-state index is 12.5. The van der Waals surface area contributed by atoms with E-state index in [1.807, 2.05) is 30.3 Å². The molecule has 0 amide bonds. The summed E-state index contributed by atoms with van der Waals surface area (Å²) in [5.74, 6) is -0.193. The molecule has 12 nitrogen and oxygen atoms in total. The number of hydrogen-bond donors (Lipinski definition) is 5. The molecule has 2 aromatic carbocycles. The second-order valence-corrected chi connectivity index (χ2v) is 10.9. The molecule has 0 bridgehead atoms. The number of esters is 1. The Kier molecular flexibility index (Phi) is 8.56. The molecule has 0 aromatic heterocycles. The van der Waals surface area contributed by atoms with E-state index in [0.717, 1.165) is 31.0 Å². The van der Waals surface area contributed by atoms with E-state index in [4.69, 9.17) is 39.7 Å². The van der Waals surface area contributed by atoms with E-state index in [2.05, 4.69) is 28.8 Å². The highest BCUT2D eigenvalue weighted by atomic mass is 16.6. The molecule has 226 valence electrons. The van der Waals surface area contributed by atoms with Gasteiger partial charge in [0, 0.05) is 18.5 Å². The number of aliphatic hydroxyl groups excluding tert-OH is 4. The summed E-state index contributed by atoms with van der Waals surface area (Å²) in [4.78, 5) is 25.2. The lowest BCUT2D eigenvalue weighted by molar-refractivity contribution is -0.279. The lowest BCUT2D eigenvalue weighted by atomic mass is 9.69. The fourth-order valence-electron chi connectivity index (χ4n) is 6.00. The lowest BCUT2D eigenvalue weighted by Crippen LogP contribution is -2.59. The fraction of sp³-hybridized carbons (Fsp3) is 0.467. The van der Waals surface area contributed by atoms with Gasteiger partial charge < -0.3 is 49.4 Å². The first-order valence-electron chi connectivity index (χ1n) is 13.7. The van der Waals surface area contributed by atoms with Gasteiger partial charge in [-0.2, -0.15) is 0 Å². The average Bonchev–Trinajstić information content (AvgIpc) is 3.25. The van der Waals surface area contributed by atoms with Gasteiger partial charge in [-0.05, 0) is 49.9 Å². The predicted molar refractivity (Wildman–Crippen MR) is 146 cm³/mol. The summed E-state index contributed by atoms with van der Waals surface area (Å²) in [6.45, 7) is 1.87. The number of carbonyl (C=O) groups is 2. The van der Waals surface area contributed by atoms with Crippen LogP contribution in [0.4, 0.5) is 0 Å². The molecule has 8 atom stereocenters. The molecule has 12 heteroatoms. The maximum Gasteiger partial charge on any atom is 0.338 e. The topological polar surface area (TPSA) is 175 Å². The Hall–Kier alpha value is -3.52. The van der Waals surface area contributed by atoms with Crippen LogP contribution in [0.5, 0.6) is 11.5 Å². The zero-order chi connectivity index (χ0) is 30.2. The third kappa shape index (κ3) is 5.49. The minimum atomic E-state index is -1.81. The molecular weight excluding hydrogens is 550 g/mol. The average molecular weight is 586 g/mol. The van der Waals surface area contributed by atoms with E-state index in [1.165, 1.54) is 11.1 Å². The Labute approximate surface area is 242 Å². The molecule has 4 aliphatic rings. The highest BCUT2D eigenvalue weighted by molar-refractivity contribution is 5.89. The first-order chi connectivity index (χ1) is 20.1. The number of ether oxygens (including phenoxy) is 4. The van der Waals surface area contributed by atoms with Gasteiger partial charge >= 0.3 is 11.9 Å². The predicted octanol–water partition coefficient (Wildman–Crippen LogP) is 0.586. The van der Waals surface area contributed by atoms with Crippen molar-refractivity contribution in [3.8, 4) is 11.5 Å². The number of aliphatic carboxylic acids is 1. The van der Waals surface area contributed by atoms with Gasteiger partial charge in [0.1, 0.15) is 30.5 Å². The molecule has 0 saturated carbocycles. The van der Waals surface area contributed by atoms with Crippen molar-refractivity contribution >= 4 is 11.9 Å². The molecule has 3 heterocycles. The van der Waals surface area contributed by atoms with Crippen molar-refractivity contribution in [2.24, 2.45) is 0 Å². The highest BCUT2D eigenvalue weighted by Gasteiger charge is 2.53. The molecule has 0 radical (unpaired) electrons. The van der Waals surface area contributed by atoms with Gasteiger partial charge in [0.15, 0.2) is 23.9 Å². The van der Waals surface area contributed by atoms with Gasteiger partial charge in [0.2, 0.25) is 0 Å². The van der Waals surface area contributed by atoms with Gasteiger partial charge in [-0.3, -0.25) is 0 Å². The summed E-state index contributed by atoms with van der Waals surface area (Å²) in [7, 11) is 3.83. The van der Waals surface area contributed by atoms with Crippen molar-refractivity contribution in [3.05, 3.63) is 71.3 Å². The molecule has 6 rings (SSSR count). The summed E-state index contributed by atoms with van der Waals surface area (Å²) in [5, 5.41) is 44.4. The SMILES string of the molecule is COc1ccc2c3c1OC1CC(OC(=O)c4ccccc4)C=CC31CCN(C)C2.O=C(O)[C@H]1OC(O)[C@H](O)[C@@H](O)[C@H]1O. The van der Waals surface area contributed by atoms with Crippen LogP contribution in [-0.2, 0) is 26.2 Å². The number of carboxylic acids is 1. The largest absolute Gasteiger partial charge is 0.493 e. The first-order valence-corrected chi connectivity index (χ1v) is 13.7. The van der Waals surface area contributed by atoms with Crippen molar-refractivity contribution in [2.45, 2.75) is 67.7 Å². The van der Waals surface area contributed by atoms with Gasteiger partial charge in [-0.1, -0.05) is 30.3 Å². The number of carbonyl (C=O) groups excluding carboxylic acids is 1. The second-order valence-electron chi connectivity index (χ2n) is 10.9. The second kappa shape index (κ2) is 12.0. The molecule has 2 aromatic rings. The van der Waals surface area contributed by atoms with Crippen LogP contribution in [0.3, 0.4) is 0 Å². The van der Waals surface area contributed by atoms with E-state index >= 15 is 0 Å². The normalized spacial score (nSPS) is 33.1. The molecule has 1 saturated heterocycles. The summed E-state index contributed by atoms with van der Waals surface area (Å²) in [5.41, 5.74) is 2.90. The molecule has 42 heavy (non-hydrogen) atoms. The third-order valence-electron chi connectivity index (χ3n) is 8.23. The number of nitrogens with zero attached hydrogens (tertiary/aromatic N) is 1. The summed E-state index contributed by atoms with van der Waals surface area (Å²) < 4.78 is 22.2. The zero-order valence-corrected chi connectivity index (χ0v) is 23.2. The Morgan fingerprint density at radius 3 is 2.45 bits per heavy atom. The maximum absolute atomic E-state index is 12.5. The van der Waals surface area contributed by atoms with Crippen molar-refractivity contribution < 1.29 is 54.1 Å². The van der Waals surface area contributed by atoms with Gasteiger partial charge in [0.25, 0.3) is 0 Å². The van der Waals surface area contributed by atoms with E-state index in [1.54, 1.807) is 19.2 Å². The van der Waals surface area contributed by atoms with E-state index < -0.39 is 36.7 Å². The molecule has 1 aliphatic carbocycles. The quantitative estimate of drug-likeness (QED) is 0.250. The molecular formula is C30H35NO11. The number of rotatable bonds is 4. The van der Waals surface area contributed by atoms with Gasteiger partial charge in [-0.25, -0.2) is 9.59 Å². The zero-order valence-electron chi connectivity index (χ0n) is 23.2. The molecule has 3 aliphatic heterocycles. The van der Waals surface area contributed by atoms with Crippen LogP contribution < -0.4 is 9.47 Å². The van der Waals surface area contributed by atoms with E-state index in [-0.39, 0.29) is 23.6 Å². The minimum Gasteiger partial charge on any atom is -0.493 e. The smallest absolute Gasteiger partial charge is 0.338 e. The van der Waals surface area contributed by atoms with Crippen LogP contribution >= 0.6 is 0 Å². The van der Waals surface area contributed by atoms with Crippen molar-refractivity contribution in [1.29, 1.82) is 0 Å². The Morgan fingerprint density at radius 1 is 1.02 bits per heavy atom. The van der Waals surface area contributed by atoms with Crippen LogP contribution in [0.2, 0.25) is 0 Å².